The van der Waals surface area contributed by atoms with Crippen molar-refractivity contribution in [2.75, 3.05) is 7.11 Å². The first-order valence-corrected chi connectivity index (χ1v) is 4.24. The van der Waals surface area contributed by atoms with Crippen molar-refractivity contribution in [1.29, 1.82) is 0 Å². The SMILES string of the molecule is [2H][C@H](C(=O)C=[N+]=[N-])[C@H](NC(=O)C(F)(F)F)C(=O)OC. The van der Waals surface area contributed by atoms with Crippen LogP contribution < -0.4 is 5.32 Å². The number of amides is 1. The largest absolute Gasteiger partial charge is 0.471 e. The minimum absolute atomic E-state index is 0.216. The Labute approximate surface area is 99.9 Å². The Morgan fingerprint density at radius 3 is 2.50 bits per heavy atom. The minimum atomic E-state index is -5.29. The summed E-state index contributed by atoms with van der Waals surface area (Å²) in [5, 5.41) is 1.16. The van der Waals surface area contributed by atoms with Crippen molar-refractivity contribution in [3.63, 3.8) is 0 Å². The van der Waals surface area contributed by atoms with Crippen LogP contribution in [0.2, 0.25) is 0 Å². The number of ketones is 1. The summed E-state index contributed by atoms with van der Waals surface area (Å²) in [6.45, 7) is 0. The highest BCUT2D eigenvalue weighted by molar-refractivity contribution is 6.26. The van der Waals surface area contributed by atoms with Crippen molar-refractivity contribution in [2.45, 2.75) is 18.6 Å². The number of alkyl halides is 3. The second-order valence-corrected chi connectivity index (χ2v) is 2.79. The van der Waals surface area contributed by atoms with Gasteiger partial charge >= 0.3 is 24.3 Å². The minimum Gasteiger partial charge on any atom is -0.467 e. The zero-order chi connectivity index (χ0) is 15.2. The summed E-state index contributed by atoms with van der Waals surface area (Å²) in [6.07, 6.45) is -7.22. The molecule has 10 heteroatoms. The maximum atomic E-state index is 12.0. The average Bonchev–Trinajstić information content (AvgIpc) is 2.32. The number of hydrogen-bond donors (Lipinski definition) is 1. The number of methoxy groups -OCH3 is 1. The van der Waals surface area contributed by atoms with Crippen LogP contribution in [-0.2, 0) is 19.1 Å². The van der Waals surface area contributed by atoms with Crippen molar-refractivity contribution in [2.24, 2.45) is 0 Å². The molecule has 0 bridgehead atoms. The van der Waals surface area contributed by atoms with E-state index in [0.29, 0.717) is 0 Å². The van der Waals surface area contributed by atoms with Crippen LogP contribution in [0.4, 0.5) is 13.2 Å². The first kappa shape index (κ1) is 13.8. The molecule has 0 unspecified atom stereocenters. The molecule has 0 saturated heterocycles. The number of esters is 1. The molecule has 1 amide bonds. The molecule has 0 aromatic heterocycles. The van der Waals surface area contributed by atoms with Gasteiger partial charge in [0.25, 0.3) is 0 Å². The molecule has 0 rings (SSSR count). The summed E-state index contributed by atoms with van der Waals surface area (Å²) in [4.78, 5) is 35.2. The first-order chi connectivity index (χ1) is 8.65. The molecule has 0 aliphatic carbocycles. The molecular weight excluding hydrogens is 259 g/mol. The third-order valence-corrected chi connectivity index (χ3v) is 1.52. The summed E-state index contributed by atoms with van der Waals surface area (Å²) in [7, 11) is 0.798. The molecule has 18 heavy (non-hydrogen) atoms. The second-order valence-electron chi connectivity index (χ2n) is 2.79. The van der Waals surface area contributed by atoms with Crippen LogP contribution in [0, 0.1) is 0 Å². The Morgan fingerprint density at radius 1 is 1.56 bits per heavy atom. The summed E-state index contributed by atoms with van der Waals surface area (Å²) < 4.78 is 47.3. The van der Waals surface area contributed by atoms with E-state index in [1.54, 1.807) is 0 Å². The molecular formula is C8H8F3N3O4. The lowest BCUT2D eigenvalue weighted by Crippen LogP contribution is -2.48. The van der Waals surface area contributed by atoms with Gasteiger partial charge in [0.2, 0.25) is 5.78 Å². The van der Waals surface area contributed by atoms with Gasteiger partial charge in [-0.1, -0.05) is 0 Å². The Hall–Kier alpha value is -2.22. The molecule has 100 valence electrons. The predicted molar refractivity (Wildman–Crippen MR) is 49.3 cm³/mol. The van der Waals surface area contributed by atoms with Crippen molar-refractivity contribution in [1.82, 2.24) is 5.32 Å². The molecule has 2 atom stereocenters. The number of nitrogens with zero attached hydrogens (tertiary/aromatic N) is 2. The Kier molecular flexibility index (Phi) is 5.00. The van der Waals surface area contributed by atoms with Crippen LogP contribution in [0.1, 0.15) is 7.77 Å². The molecule has 0 heterocycles. The van der Waals surface area contributed by atoms with Gasteiger partial charge in [-0.15, -0.1) is 0 Å². The first-order valence-electron chi connectivity index (χ1n) is 4.82. The van der Waals surface area contributed by atoms with E-state index in [1.165, 1.54) is 0 Å². The van der Waals surface area contributed by atoms with Gasteiger partial charge in [-0.05, 0) is 0 Å². The fourth-order valence-electron chi connectivity index (χ4n) is 0.783. The smallest absolute Gasteiger partial charge is 0.467 e. The number of halogens is 3. The van der Waals surface area contributed by atoms with Crippen LogP contribution in [-0.4, -0.2) is 48.0 Å². The third kappa shape index (κ3) is 5.21. The van der Waals surface area contributed by atoms with Gasteiger partial charge < -0.3 is 15.6 Å². The average molecular weight is 268 g/mol. The summed E-state index contributed by atoms with van der Waals surface area (Å²) in [5.41, 5.74) is 8.06. The molecule has 0 fully saturated rings. The number of hydrogen-bond acceptors (Lipinski definition) is 4. The van der Waals surface area contributed by atoms with Crippen molar-refractivity contribution >= 4 is 23.9 Å². The number of carbonyl (C=O) groups excluding carboxylic acids is 3. The number of carbonyl (C=O) groups is 3. The van der Waals surface area contributed by atoms with Gasteiger partial charge in [-0.25, -0.2) is 4.79 Å². The van der Waals surface area contributed by atoms with Crippen molar-refractivity contribution in [3.05, 3.63) is 5.53 Å². The number of rotatable bonds is 5. The van der Waals surface area contributed by atoms with Gasteiger partial charge in [-0.2, -0.15) is 18.0 Å². The molecule has 0 spiro atoms. The Morgan fingerprint density at radius 2 is 2.11 bits per heavy atom. The van der Waals surface area contributed by atoms with E-state index in [1.807, 2.05) is 0 Å². The molecule has 0 aliphatic heterocycles. The lowest BCUT2D eigenvalue weighted by Gasteiger charge is -2.15. The number of nitrogens with one attached hydrogen (secondary N) is 1. The standard InChI is InChI=1S/C8H8F3N3O4/c1-18-6(16)5(2-4(15)3-13-12)14-7(17)8(9,10)11/h3,5H,2H2,1H3,(H,14,17)/t5-/m0/s1/i2D/t2-,5+/m1. The Balaban J connectivity index is 5.13. The van der Waals surface area contributed by atoms with E-state index in [4.69, 9.17) is 6.90 Å². The number of Topliss-reactive ketones (excluding diaryl/α,β-unsaturated/α-hetero) is 1. The number of ether oxygens (including phenoxy) is 1. The fraction of sp³-hybridized carbons (Fsp3) is 0.500. The summed E-state index contributed by atoms with van der Waals surface area (Å²) >= 11 is 0. The van der Waals surface area contributed by atoms with E-state index in [2.05, 4.69) is 9.53 Å². The van der Waals surface area contributed by atoms with E-state index in [-0.39, 0.29) is 6.21 Å². The highest BCUT2D eigenvalue weighted by Gasteiger charge is 2.41. The van der Waals surface area contributed by atoms with Gasteiger partial charge in [0, 0.05) is 7.77 Å². The zero-order valence-corrected chi connectivity index (χ0v) is 8.89. The van der Waals surface area contributed by atoms with E-state index in [9.17, 15) is 27.6 Å². The topological polar surface area (TPSA) is 109 Å². The second kappa shape index (κ2) is 6.50. The van der Waals surface area contributed by atoms with Gasteiger partial charge in [0.1, 0.15) is 6.04 Å². The van der Waals surface area contributed by atoms with E-state index >= 15 is 0 Å². The molecule has 1 N–H and O–H groups in total. The third-order valence-electron chi connectivity index (χ3n) is 1.52. The van der Waals surface area contributed by atoms with Crippen LogP contribution in [0.15, 0.2) is 0 Å². The highest BCUT2D eigenvalue weighted by Crippen LogP contribution is 2.15. The normalized spacial score (nSPS) is 14.6. The Bertz CT molecular complexity index is 433. The van der Waals surface area contributed by atoms with Crippen molar-refractivity contribution < 1.29 is 38.5 Å². The predicted octanol–water partition coefficient (Wildman–Crippen LogP) is -0.534. The van der Waals surface area contributed by atoms with Gasteiger partial charge in [0.05, 0.1) is 7.11 Å². The maximum absolute atomic E-state index is 12.0. The van der Waals surface area contributed by atoms with Gasteiger partial charge in [0.15, 0.2) is 0 Å². The summed E-state index contributed by atoms with van der Waals surface area (Å²) in [5.74, 6) is -5.22. The van der Waals surface area contributed by atoms with E-state index in [0.717, 1.165) is 12.4 Å². The highest BCUT2D eigenvalue weighted by atomic mass is 19.4. The van der Waals surface area contributed by atoms with E-state index < -0.39 is 36.3 Å². The molecule has 0 aromatic carbocycles. The zero-order valence-electron chi connectivity index (χ0n) is 9.89. The molecule has 0 radical (unpaired) electrons. The lowest BCUT2D eigenvalue weighted by atomic mass is 10.1. The molecule has 0 aliphatic rings. The van der Waals surface area contributed by atoms with Gasteiger partial charge in [-0.3, -0.25) is 9.59 Å². The van der Waals surface area contributed by atoms with Crippen molar-refractivity contribution in [3.8, 4) is 0 Å². The van der Waals surface area contributed by atoms with Crippen LogP contribution in [0.5, 0.6) is 0 Å². The lowest BCUT2D eigenvalue weighted by molar-refractivity contribution is -0.175. The quantitative estimate of drug-likeness (QED) is 0.312. The molecule has 7 nitrogen and oxygen atoms in total. The maximum Gasteiger partial charge on any atom is 0.471 e. The monoisotopic (exact) mass is 268 g/mol. The van der Waals surface area contributed by atoms with Crippen LogP contribution in [0.3, 0.4) is 0 Å². The fourth-order valence-corrected chi connectivity index (χ4v) is 0.783. The molecule has 0 aromatic rings. The van der Waals surface area contributed by atoms with Crippen LogP contribution >= 0.6 is 0 Å². The summed E-state index contributed by atoms with van der Waals surface area (Å²) in [6, 6.07) is -2.18. The van der Waals surface area contributed by atoms with Crippen LogP contribution in [0.25, 0.3) is 5.53 Å². The molecule has 0 saturated carbocycles.